The highest BCUT2D eigenvalue weighted by atomic mass is 31.2. The Labute approximate surface area is 168 Å². The average molecular weight is 430 g/mol. The van der Waals surface area contributed by atoms with E-state index in [1.165, 1.54) is 12.1 Å². The van der Waals surface area contributed by atoms with E-state index in [4.69, 9.17) is 13.9 Å². The summed E-state index contributed by atoms with van der Waals surface area (Å²) in [6.07, 6.45) is -0.0538. The Hall–Kier alpha value is -2.19. The Morgan fingerprint density at radius 2 is 1.72 bits per heavy atom. The summed E-state index contributed by atoms with van der Waals surface area (Å²) in [6.45, 7) is 6.07. The number of carbonyl (C=O) groups is 1. The molecule has 0 saturated carbocycles. The molecule has 2 rings (SSSR count). The summed E-state index contributed by atoms with van der Waals surface area (Å²) in [6, 6.07) is 6.06. The molecule has 29 heavy (non-hydrogen) atoms. The van der Waals surface area contributed by atoms with E-state index in [-0.39, 0.29) is 17.6 Å². The Morgan fingerprint density at radius 3 is 2.34 bits per heavy atom. The zero-order valence-corrected chi connectivity index (χ0v) is 17.1. The summed E-state index contributed by atoms with van der Waals surface area (Å²) in [4.78, 5) is 17.5. The van der Waals surface area contributed by atoms with Crippen LogP contribution in [0.4, 0.5) is 24.5 Å². The molecular formula is C19H22F3N2O4P. The fraction of sp³-hybridized carbons (Fsp3) is 0.316. The number of aryl methyl sites for hydroxylation is 1. The first-order chi connectivity index (χ1) is 13.9. The van der Waals surface area contributed by atoms with E-state index in [0.29, 0.717) is 18.8 Å². The minimum absolute atomic E-state index is 0.0538. The molecule has 0 unspecified atom stereocenters. The van der Waals surface area contributed by atoms with Crippen LogP contribution in [-0.2, 0) is 13.9 Å². The number of rotatable bonds is 10. The van der Waals surface area contributed by atoms with Crippen LogP contribution in [0.2, 0.25) is 0 Å². The van der Waals surface area contributed by atoms with E-state index >= 15 is 0 Å². The van der Waals surface area contributed by atoms with E-state index in [0.717, 1.165) is 12.1 Å². The van der Waals surface area contributed by atoms with Gasteiger partial charge in [-0.05, 0) is 50.6 Å². The lowest BCUT2D eigenvalue weighted by Gasteiger charge is -2.17. The van der Waals surface area contributed by atoms with Gasteiger partial charge in [0, 0.05) is 0 Å². The Balaban J connectivity index is 2.17. The molecule has 10 heteroatoms. The smallest absolute Gasteiger partial charge is 0.277 e. The highest BCUT2D eigenvalue weighted by molar-refractivity contribution is 7.47. The largest absolute Gasteiger partial charge is 0.350 e. The number of hydroxylamine groups is 1. The van der Waals surface area contributed by atoms with Gasteiger partial charge in [-0.3, -0.25) is 9.63 Å². The molecule has 0 aromatic heterocycles. The van der Waals surface area contributed by atoms with Crippen molar-refractivity contribution in [1.82, 2.24) is 5.48 Å². The van der Waals surface area contributed by atoms with Crippen molar-refractivity contribution in [3.63, 3.8) is 0 Å². The van der Waals surface area contributed by atoms with Crippen molar-refractivity contribution >= 4 is 25.7 Å². The van der Waals surface area contributed by atoms with E-state index in [2.05, 4.69) is 10.8 Å². The Bertz CT molecular complexity index is 848. The van der Waals surface area contributed by atoms with Gasteiger partial charge in [-0.15, -0.1) is 0 Å². The van der Waals surface area contributed by atoms with Crippen LogP contribution >= 0.6 is 8.38 Å². The Kier molecular flexibility index (Phi) is 8.85. The molecule has 158 valence electrons. The molecule has 6 nitrogen and oxygen atoms in total. The minimum atomic E-state index is -1.36. The number of nitrogens with one attached hydrogen (secondary N) is 2. The summed E-state index contributed by atoms with van der Waals surface area (Å²) in [5.74, 6) is -4.02. The summed E-state index contributed by atoms with van der Waals surface area (Å²) >= 11 is 0. The number of hydrogen-bond donors (Lipinski definition) is 2. The summed E-state index contributed by atoms with van der Waals surface area (Å²) < 4.78 is 52.8. The highest BCUT2D eigenvalue weighted by Crippen LogP contribution is 2.37. The molecule has 2 aromatic carbocycles. The van der Waals surface area contributed by atoms with Crippen molar-refractivity contribution in [1.29, 1.82) is 0 Å². The molecule has 0 aliphatic rings. The molecule has 1 amide bonds. The van der Waals surface area contributed by atoms with Crippen molar-refractivity contribution in [3.8, 4) is 0 Å². The number of amides is 1. The number of hydrogen-bond acceptors (Lipinski definition) is 5. The highest BCUT2D eigenvalue weighted by Gasteiger charge is 2.21. The van der Waals surface area contributed by atoms with E-state index in [1.54, 1.807) is 26.8 Å². The lowest BCUT2D eigenvalue weighted by Crippen LogP contribution is -2.25. The summed E-state index contributed by atoms with van der Waals surface area (Å²) in [5, 5.41) is 2.45. The van der Waals surface area contributed by atoms with Crippen molar-refractivity contribution < 1.29 is 31.9 Å². The van der Waals surface area contributed by atoms with E-state index in [9.17, 15) is 18.0 Å². The van der Waals surface area contributed by atoms with Crippen LogP contribution < -0.4 is 10.8 Å². The van der Waals surface area contributed by atoms with Crippen molar-refractivity contribution in [3.05, 3.63) is 58.9 Å². The molecular weight excluding hydrogens is 408 g/mol. The zero-order valence-electron chi connectivity index (χ0n) is 16.2. The first kappa shape index (κ1) is 23.1. The topological polar surface area (TPSA) is 68.8 Å². The quantitative estimate of drug-likeness (QED) is 0.403. The molecule has 2 aromatic rings. The Morgan fingerprint density at radius 1 is 1.03 bits per heavy atom. The minimum Gasteiger partial charge on any atom is -0.350 e. The van der Waals surface area contributed by atoms with E-state index < -0.39 is 37.4 Å². The zero-order chi connectivity index (χ0) is 21.4. The molecule has 0 aliphatic carbocycles. The first-order valence-corrected chi connectivity index (χ1v) is 10.2. The number of benzene rings is 2. The molecule has 0 radical (unpaired) electrons. The molecule has 0 bridgehead atoms. The normalized spacial score (nSPS) is 11.0. The third-order valence-electron chi connectivity index (χ3n) is 3.60. The van der Waals surface area contributed by atoms with Crippen LogP contribution in [0.5, 0.6) is 0 Å². The second-order valence-corrected chi connectivity index (χ2v) is 7.21. The van der Waals surface area contributed by atoms with Crippen LogP contribution in [0.15, 0.2) is 30.3 Å². The maximum absolute atomic E-state index is 14.4. The van der Waals surface area contributed by atoms with Crippen LogP contribution in [0.3, 0.4) is 0 Å². The average Bonchev–Trinajstić information content (AvgIpc) is 2.67. The fourth-order valence-electron chi connectivity index (χ4n) is 2.32. The first-order valence-electron chi connectivity index (χ1n) is 8.84. The lowest BCUT2D eigenvalue weighted by molar-refractivity contribution is 0.0434. The second-order valence-electron chi connectivity index (χ2n) is 5.77. The van der Waals surface area contributed by atoms with Gasteiger partial charge < -0.3 is 14.4 Å². The lowest BCUT2D eigenvalue weighted by atomic mass is 10.1. The van der Waals surface area contributed by atoms with Gasteiger partial charge in [0.2, 0.25) is 8.38 Å². The molecule has 0 fully saturated rings. The maximum atomic E-state index is 14.4. The third kappa shape index (κ3) is 6.40. The maximum Gasteiger partial charge on any atom is 0.277 e. The SMILES string of the molecule is CCOP(CONC(=O)c1ccc(F)c(F)c1Nc1ccc(C)cc1F)OCC. The predicted octanol–water partition coefficient (Wildman–Crippen LogP) is 5.16. The van der Waals surface area contributed by atoms with Crippen LogP contribution in [-0.4, -0.2) is 25.5 Å². The van der Waals surface area contributed by atoms with Gasteiger partial charge in [0.25, 0.3) is 5.91 Å². The molecule has 0 heterocycles. The van der Waals surface area contributed by atoms with Crippen LogP contribution in [0.1, 0.15) is 29.8 Å². The van der Waals surface area contributed by atoms with Crippen molar-refractivity contribution in [2.24, 2.45) is 0 Å². The van der Waals surface area contributed by atoms with Gasteiger partial charge in [-0.1, -0.05) is 6.07 Å². The van der Waals surface area contributed by atoms with Gasteiger partial charge in [0.05, 0.1) is 30.2 Å². The molecule has 2 N–H and O–H groups in total. The number of halogens is 3. The standard InChI is InChI=1S/C19H22F3N2O4P/c1-4-27-29(28-5-2)11-26-24-19(25)13-7-8-14(20)17(22)18(13)23-16-9-6-12(3)10-15(16)21/h6-10,23H,4-5,11H2,1-3H3,(H,24,25). The van der Waals surface area contributed by atoms with Gasteiger partial charge in [-0.25, -0.2) is 18.7 Å². The molecule has 0 atom stereocenters. The van der Waals surface area contributed by atoms with Crippen LogP contribution in [0.25, 0.3) is 0 Å². The van der Waals surface area contributed by atoms with Gasteiger partial charge in [-0.2, -0.15) is 0 Å². The number of anilines is 2. The molecule has 0 saturated heterocycles. The molecule has 0 spiro atoms. The van der Waals surface area contributed by atoms with Gasteiger partial charge in [0.1, 0.15) is 12.2 Å². The molecule has 0 aliphatic heterocycles. The van der Waals surface area contributed by atoms with Gasteiger partial charge in [0.15, 0.2) is 11.6 Å². The monoisotopic (exact) mass is 430 g/mol. The summed E-state index contributed by atoms with van der Waals surface area (Å²) in [7, 11) is -1.36. The van der Waals surface area contributed by atoms with Crippen molar-refractivity contribution in [2.45, 2.75) is 20.8 Å². The predicted molar refractivity (Wildman–Crippen MR) is 104 cm³/mol. The fourth-order valence-corrected chi connectivity index (χ4v) is 3.29. The van der Waals surface area contributed by atoms with Crippen LogP contribution in [0, 0.1) is 24.4 Å². The second kappa shape index (κ2) is 11.1. The van der Waals surface area contributed by atoms with Crippen molar-refractivity contribution in [2.75, 3.05) is 24.9 Å². The number of carbonyl (C=O) groups excluding carboxylic acids is 1. The van der Waals surface area contributed by atoms with E-state index in [1.807, 2.05) is 0 Å². The summed E-state index contributed by atoms with van der Waals surface area (Å²) in [5.41, 5.74) is 1.91. The third-order valence-corrected chi connectivity index (χ3v) is 5.04. The van der Waals surface area contributed by atoms with Gasteiger partial charge >= 0.3 is 0 Å².